The van der Waals surface area contributed by atoms with E-state index in [1.54, 1.807) is 42.6 Å². The molecular formula is C27H31N7O2. The third-order valence-corrected chi connectivity index (χ3v) is 6.37. The predicted molar refractivity (Wildman–Crippen MR) is 141 cm³/mol. The van der Waals surface area contributed by atoms with Gasteiger partial charge in [0.25, 0.3) is 0 Å². The summed E-state index contributed by atoms with van der Waals surface area (Å²) in [6.45, 7) is 3.86. The van der Waals surface area contributed by atoms with Crippen LogP contribution in [0, 0.1) is 0 Å². The maximum atomic E-state index is 12.2. The number of hydrazone groups is 1. The molecule has 2 fully saturated rings. The van der Waals surface area contributed by atoms with Crippen molar-refractivity contribution in [2.24, 2.45) is 5.10 Å². The largest absolute Gasteiger partial charge is 0.423 e. The lowest BCUT2D eigenvalue weighted by atomic mass is 10.1. The number of benzene rings is 2. The van der Waals surface area contributed by atoms with Crippen LogP contribution in [0.15, 0.2) is 59.7 Å². The van der Waals surface area contributed by atoms with Crippen LogP contribution in [0.25, 0.3) is 0 Å². The lowest BCUT2D eigenvalue weighted by molar-refractivity contribution is 0.0734. The summed E-state index contributed by atoms with van der Waals surface area (Å²) in [6.07, 6.45) is 8.81. The summed E-state index contributed by atoms with van der Waals surface area (Å²) in [4.78, 5) is 30.8. The molecule has 3 heterocycles. The molecule has 2 aliphatic rings. The van der Waals surface area contributed by atoms with E-state index in [0.717, 1.165) is 57.4 Å². The van der Waals surface area contributed by atoms with Gasteiger partial charge in [0.05, 0.1) is 11.8 Å². The molecule has 0 unspecified atom stereocenters. The second-order valence-electron chi connectivity index (χ2n) is 9.05. The summed E-state index contributed by atoms with van der Waals surface area (Å²) in [5, 5.41) is 4.35. The van der Waals surface area contributed by atoms with Crippen LogP contribution in [0.5, 0.6) is 5.75 Å². The Hall–Kier alpha value is -4.01. The Bertz CT molecular complexity index is 1140. The van der Waals surface area contributed by atoms with Crippen LogP contribution in [-0.4, -0.2) is 53.3 Å². The zero-order valence-electron chi connectivity index (χ0n) is 20.3. The first-order valence-corrected chi connectivity index (χ1v) is 12.7. The van der Waals surface area contributed by atoms with Gasteiger partial charge < -0.3 is 14.5 Å². The molecule has 2 aliphatic heterocycles. The topological polar surface area (TPSA) is 95.8 Å². The zero-order chi connectivity index (χ0) is 24.6. The second kappa shape index (κ2) is 11.6. The molecule has 0 spiro atoms. The van der Waals surface area contributed by atoms with E-state index >= 15 is 0 Å². The molecule has 0 bridgehead atoms. The van der Waals surface area contributed by atoms with Gasteiger partial charge in [-0.1, -0.05) is 18.2 Å². The van der Waals surface area contributed by atoms with E-state index in [-0.39, 0.29) is 5.97 Å². The number of hydrogen-bond donors (Lipinski definition) is 1. The van der Waals surface area contributed by atoms with Gasteiger partial charge in [-0.3, -0.25) is 0 Å². The highest BCUT2D eigenvalue weighted by Gasteiger charge is 2.20. The molecule has 9 nitrogen and oxygen atoms in total. The van der Waals surface area contributed by atoms with Gasteiger partial charge in [-0.25, -0.2) is 10.2 Å². The molecular weight excluding hydrogens is 454 g/mol. The van der Waals surface area contributed by atoms with E-state index < -0.39 is 0 Å². The van der Waals surface area contributed by atoms with E-state index in [9.17, 15) is 4.79 Å². The van der Waals surface area contributed by atoms with Gasteiger partial charge in [0, 0.05) is 26.2 Å². The summed E-state index contributed by atoms with van der Waals surface area (Å²) in [5.41, 5.74) is 4.35. The van der Waals surface area contributed by atoms with Gasteiger partial charge in [-0.15, -0.1) is 0 Å². The van der Waals surface area contributed by atoms with E-state index in [2.05, 4.69) is 30.3 Å². The SMILES string of the molecule is O=C(Oc1ccc(/C=N\Nc2nc(N3CCCCC3)nc(N3CCCCC3)n2)cc1)c1ccccc1. The molecule has 0 atom stereocenters. The molecule has 2 saturated heterocycles. The highest BCUT2D eigenvalue weighted by atomic mass is 16.5. The fourth-order valence-corrected chi connectivity index (χ4v) is 4.40. The Labute approximate surface area is 211 Å². The molecule has 5 rings (SSSR count). The molecule has 3 aromatic rings. The number of anilines is 3. The minimum atomic E-state index is -0.387. The van der Waals surface area contributed by atoms with Crippen molar-refractivity contribution in [1.29, 1.82) is 0 Å². The predicted octanol–water partition coefficient (Wildman–Crippen LogP) is 4.52. The number of piperidine rings is 2. The summed E-state index contributed by atoms with van der Waals surface area (Å²) in [5.74, 6) is 1.96. The van der Waals surface area contributed by atoms with E-state index in [1.165, 1.54) is 12.8 Å². The molecule has 9 heteroatoms. The summed E-state index contributed by atoms with van der Waals surface area (Å²) >= 11 is 0. The van der Waals surface area contributed by atoms with Crippen molar-refractivity contribution in [2.75, 3.05) is 41.4 Å². The van der Waals surface area contributed by atoms with Gasteiger partial charge in [0.15, 0.2) is 0 Å². The minimum absolute atomic E-state index is 0.387. The third kappa shape index (κ3) is 6.16. The van der Waals surface area contributed by atoms with E-state index in [4.69, 9.17) is 9.72 Å². The highest BCUT2D eigenvalue weighted by molar-refractivity contribution is 5.91. The molecule has 1 N–H and O–H groups in total. The number of esters is 1. The molecule has 1 aromatic heterocycles. The summed E-state index contributed by atoms with van der Waals surface area (Å²) in [7, 11) is 0. The second-order valence-corrected chi connectivity index (χ2v) is 9.05. The molecule has 0 saturated carbocycles. The van der Waals surface area contributed by atoms with Crippen molar-refractivity contribution >= 4 is 30.0 Å². The summed E-state index contributed by atoms with van der Waals surface area (Å²) < 4.78 is 5.44. The van der Waals surface area contributed by atoms with Gasteiger partial charge in [0.1, 0.15) is 5.75 Å². The Balaban J connectivity index is 1.25. The van der Waals surface area contributed by atoms with Crippen LogP contribution < -0.4 is 20.0 Å². The van der Waals surface area contributed by atoms with Crippen molar-refractivity contribution in [2.45, 2.75) is 38.5 Å². The Kier molecular flexibility index (Phi) is 7.65. The number of aromatic nitrogens is 3. The van der Waals surface area contributed by atoms with Gasteiger partial charge in [-0.05, 0) is 80.5 Å². The first kappa shape index (κ1) is 23.7. The number of hydrogen-bond acceptors (Lipinski definition) is 9. The lowest BCUT2D eigenvalue weighted by Crippen LogP contribution is -2.34. The molecule has 36 heavy (non-hydrogen) atoms. The number of carbonyl (C=O) groups is 1. The van der Waals surface area contributed by atoms with Gasteiger partial charge >= 0.3 is 5.97 Å². The normalized spacial score (nSPS) is 16.2. The van der Waals surface area contributed by atoms with Crippen LogP contribution in [0.3, 0.4) is 0 Å². The molecule has 2 aromatic carbocycles. The number of carbonyl (C=O) groups excluding carboxylic acids is 1. The van der Waals surface area contributed by atoms with Gasteiger partial charge in [-0.2, -0.15) is 20.1 Å². The van der Waals surface area contributed by atoms with E-state index in [0.29, 0.717) is 29.2 Å². The fraction of sp³-hybridized carbons (Fsp3) is 0.370. The van der Waals surface area contributed by atoms with Crippen LogP contribution in [0.1, 0.15) is 54.4 Å². The van der Waals surface area contributed by atoms with Crippen LogP contribution in [-0.2, 0) is 0 Å². The number of nitrogens with one attached hydrogen (secondary N) is 1. The maximum absolute atomic E-state index is 12.2. The molecule has 0 amide bonds. The van der Waals surface area contributed by atoms with Crippen LogP contribution in [0.2, 0.25) is 0 Å². The first-order valence-electron chi connectivity index (χ1n) is 12.7. The number of rotatable bonds is 7. The van der Waals surface area contributed by atoms with Crippen molar-refractivity contribution < 1.29 is 9.53 Å². The number of ether oxygens (including phenoxy) is 1. The van der Waals surface area contributed by atoms with Crippen molar-refractivity contribution in [3.05, 3.63) is 65.7 Å². The Morgan fingerprint density at radius 2 is 1.36 bits per heavy atom. The maximum Gasteiger partial charge on any atom is 0.343 e. The van der Waals surface area contributed by atoms with Crippen LogP contribution in [0.4, 0.5) is 17.8 Å². The van der Waals surface area contributed by atoms with Crippen molar-refractivity contribution in [1.82, 2.24) is 15.0 Å². The fourth-order valence-electron chi connectivity index (χ4n) is 4.40. The Morgan fingerprint density at radius 3 is 1.94 bits per heavy atom. The third-order valence-electron chi connectivity index (χ3n) is 6.37. The zero-order valence-corrected chi connectivity index (χ0v) is 20.3. The average molecular weight is 486 g/mol. The molecule has 0 aliphatic carbocycles. The standard InChI is InChI=1S/C27H31N7O2/c35-24(22-10-4-1-5-11-22)36-23-14-12-21(13-15-23)20-28-32-25-29-26(33-16-6-2-7-17-33)31-27(30-25)34-18-8-3-9-19-34/h1,4-5,10-15,20H,2-3,6-9,16-19H2,(H,29,30,31,32)/b28-20-. The lowest BCUT2D eigenvalue weighted by Gasteiger charge is -2.30. The highest BCUT2D eigenvalue weighted by Crippen LogP contribution is 2.22. The molecule has 0 radical (unpaired) electrons. The summed E-state index contributed by atoms with van der Waals surface area (Å²) in [6, 6.07) is 16.1. The minimum Gasteiger partial charge on any atom is -0.423 e. The first-order chi connectivity index (χ1) is 17.7. The quantitative estimate of drug-likeness (QED) is 0.226. The number of nitrogens with zero attached hydrogens (tertiary/aromatic N) is 6. The van der Waals surface area contributed by atoms with Crippen molar-refractivity contribution in [3.8, 4) is 5.75 Å². The molecule has 186 valence electrons. The Morgan fingerprint density at radius 1 is 0.778 bits per heavy atom. The van der Waals surface area contributed by atoms with Gasteiger partial charge in [0.2, 0.25) is 17.8 Å². The smallest absolute Gasteiger partial charge is 0.343 e. The average Bonchev–Trinajstić information content (AvgIpc) is 2.95. The van der Waals surface area contributed by atoms with Crippen molar-refractivity contribution in [3.63, 3.8) is 0 Å². The van der Waals surface area contributed by atoms with Crippen LogP contribution >= 0.6 is 0 Å². The van der Waals surface area contributed by atoms with E-state index in [1.807, 2.05) is 18.2 Å². The monoisotopic (exact) mass is 485 g/mol.